The molecule has 1 rings (SSSR count). The molecule has 4 nitrogen and oxygen atoms in total. The van der Waals surface area contributed by atoms with E-state index >= 15 is 0 Å². The van der Waals surface area contributed by atoms with Crippen molar-refractivity contribution in [1.82, 2.24) is 15.1 Å². The SMILES string of the molecule is Cc1nn(C)c(C)c1C(C)NCC(O)CC(C)(C)C. The Hall–Kier alpha value is -0.870. The standard InChI is InChI=1S/C15H29N3O/c1-10(14-11(2)17-18(7)12(14)3)16-9-13(19)8-15(4,5)6/h10,13,16,19H,8-9H2,1-7H3. The van der Waals surface area contributed by atoms with Gasteiger partial charge in [0.05, 0.1) is 11.8 Å². The fraction of sp³-hybridized carbons (Fsp3) is 0.800. The van der Waals surface area contributed by atoms with Gasteiger partial charge in [-0.2, -0.15) is 5.10 Å². The van der Waals surface area contributed by atoms with Crippen molar-refractivity contribution in [2.24, 2.45) is 12.5 Å². The average molecular weight is 267 g/mol. The molecule has 2 atom stereocenters. The van der Waals surface area contributed by atoms with Crippen LogP contribution < -0.4 is 5.32 Å². The molecule has 0 saturated heterocycles. The fourth-order valence-electron chi connectivity index (χ4n) is 2.61. The lowest BCUT2D eigenvalue weighted by atomic mass is 9.89. The van der Waals surface area contributed by atoms with E-state index in [9.17, 15) is 5.11 Å². The number of rotatable bonds is 5. The second kappa shape index (κ2) is 6.06. The minimum Gasteiger partial charge on any atom is -0.392 e. The maximum Gasteiger partial charge on any atom is 0.0669 e. The molecule has 4 heteroatoms. The maximum absolute atomic E-state index is 10.0. The third-order valence-electron chi connectivity index (χ3n) is 3.51. The van der Waals surface area contributed by atoms with Crippen molar-refractivity contribution in [3.05, 3.63) is 17.0 Å². The van der Waals surface area contributed by atoms with E-state index in [1.807, 2.05) is 18.7 Å². The van der Waals surface area contributed by atoms with Gasteiger partial charge in [-0.3, -0.25) is 4.68 Å². The molecule has 110 valence electrons. The zero-order valence-corrected chi connectivity index (χ0v) is 13.4. The van der Waals surface area contributed by atoms with Crippen LogP contribution in [-0.2, 0) is 7.05 Å². The normalized spacial score (nSPS) is 15.6. The highest BCUT2D eigenvalue weighted by Gasteiger charge is 2.19. The summed E-state index contributed by atoms with van der Waals surface area (Å²) < 4.78 is 1.91. The van der Waals surface area contributed by atoms with Crippen LogP contribution in [0.2, 0.25) is 0 Å². The minimum absolute atomic E-state index is 0.157. The first-order valence-corrected chi connectivity index (χ1v) is 7.03. The van der Waals surface area contributed by atoms with E-state index in [4.69, 9.17) is 0 Å². The van der Waals surface area contributed by atoms with Crippen molar-refractivity contribution in [3.63, 3.8) is 0 Å². The number of aliphatic hydroxyl groups is 1. The molecule has 0 amide bonds. The summed E-state index contributed by atoms with van der Waals surface area (Å²) in [5.74, 6) is 0. The predicted molar refractivity (Wildman–Crippen MR) is 79.2 cm³/mol. The number of hydrogen-bond donors (Lipinski definition) is 2. The summed E-state index contributed by atoms with van der Waals surface area (Å²) >= 11 is 0. The van der Waals surface area contributed by atoms with Crippen molar-refractivity contribution in [2.75, 3.05) is 6.54 Å². The van der Waals surface area contributed by atoms with Crippen LogP contribution in [0.15, 0.2) is 0 Å². The van der Waals surface area contributed by atoms with Crippen LogP contribution in [0, 0.1) is 19.3 Å². The van der Waals surface area contributed by atoms with Gasteiger partial charge in [0.1, 0.15) is 0 Å². The molecule has 1 aromatic rings. The van der Waals surface area contributed by atoms with E-state index in [0.717, 1.165) is 12.1 Å². The van der Waals surface area contributed by atoms with Gasteiger partial charge >= 0.3 is 0 Å². The lowest BCUT2D eigenvalue weighted by Gasteiger charge is -2.24. The second-order valence-electron chi connectivity index (χ2n) is 6.76. The number of nitrogens with zero attached hydrogens (tertiary/aromatic N) is 2. The van der Waals surface area contributed by atoms with Crippen LogP contribution in [-0.4, -0.2) is 27.5 Å². The Morgan fingerprint density at radius 2 is 1.89 bits per heavy atom. The summed E-state index contributed by atoms with van der Waals surface area (Å²) in [5, 5.41) is 17.9. The van der Waals surface area contributed by atoms with Crippen molar-refractivity contribution in [2.45, 2.75) is 60.1 Å². The molecule has 0 aromatic carbocycles. The zero-order chi connectivity index (χ0) is 14.8. The third kappa shape index (κ3) is 4.62. The van der Waals surface area contributed by atoms with Crippen LogP contribution in [0.25, 0.3) is 0 Å². The number of aryl methyl sites for hydroxylation is 2. The van der Waals surface area contributed by atoms with Crippen molar-refractivity contribution < 1.29 is 5.11 Å². The van der Waals surface area contributed by atoms with Crippen molar-refractivity contribution >= 4 is 0 Å². The number of aromatic nitrogens is 2. The summed E-state index contributed by atoms with van der Waals surface area (Å²) in [5.41, 5.74) is 3.64. The van der Waals surface area contributed by atoms with Crippen LogP contribution in [0.1, 0.15) is 57.1 Å². The quantitative estimate of drug-likeness (QED) is 0.861. The van der Waals surface area contributed by atoms with Crippen molar-refractivity contribution in [1.29, 1.82) is 0 Å². The first-order valence-electron chi connectivity index (χ1n) is 7.03. The molecule has 0 spiro atoms. The van der Waals surface area contributed by atoms with Gasteiger partial charge in [0.15, 0.2) is 0 Å². The van der Waals surface area contributed by atoms with Gasteiger partial charge in [-0.1, -0.05) is 20.8 Å². The average Bonchev–Trinajstić information content (AvgIpc) is 2.47. The highest BCUT2D eigenvalue weighted by molar-refractivity contribution is 5.27. The number of aliphatic hydroxyl groups excluding tert-OH is 1. The summed E-state index contributed by atoms with van der Waals surface area (Å²) in [6.45, 7) is 13.3. The smallest absolute Gasteiger partial charge is 0.0669 e. The van der Waals surface area contributed by atoms with Crippen LogP contribution in [0.5, 0.6) is 0 Å². The summed E-state index contributed by atoms with van der Waals surface area (Å²) in [7, 11) is 1.97. The lowest BCUT2D eigenvalue weighted by Crippen LogP contribution is -2.32. The molecule has 2 N–H and O–H groups in total. The molecule has 19 heavy (non-hydrogen) atoms. The van der Waals surface area contributed by atoms with Gasteiger partial charge in [-0.05, 0) is 32.6 Å². The molecular weight excluding hydrogens is 238 g/mol. The summed E-state index contributed by atoms with van der Waals surface area (Å²) in [6, 6.07) is 0.211. The van der Waals surface area contributed by atoms with Gasteiger partial charge in [0.25, 0.3) is 0 Å². The maximum atomic E-state index is 10.0. The molecule has 0 bridgehead atoms. The first-order chi connectivity index (χ1) is 8.61. The highest BCUT2D eigenvalue weighted by atomic mass is 16.3. The molecular formula is C15H29N3O. The van der Waals surface area contributed by atoms with Gasteiger partial charge < -0.3 is 10.4 Å². The van der Waals surface area contributed by atoms with E-state index in [2.05, 4.69) is 45.0 Å². The van der Waals surface area contributed by atoms with Gasteiger partial charge in [-0.25, -0.2) is 0 Å². The first kappa shape index (κ1) is 16.2. The Labute approximate surface area is 117 Å². The second-order valence-corrected chi connectivity index (χ2v) is 6.76. The van der Waals surface area contributed by atoms with Crippen LogP contribution in [0.4, 0.5) is 0 Å². The Morgan fingerprint density at radius 3 is 2.32 bits per heavy atom. The Morgan fingerprint density at radius 1 is 1.32 bits per heavy atom. The van der Waals surface area contributed by atoms with Crippen LogP contribution >= 0.6 is 0 Å². The van der Waals surface area contributed by atoms with Gasteiger partial charge in [0, 0.05) is 30.9 Å². The van der Waals surface area contributed by atoms with Crippen molar-refractivity contribution in [3.8, 4) is 0 Å². The Balaban J connectivity index is 2.58. The Bertz CT molecular complexity index is 418. The number of nitrogens with one attached hydrogen (secondary N) is 1. The number of hydrogen-bond acceptors (Lipinski definition) is 3. The topological polar surface area (TPSA) is 50.1 Å². The lowest BCUT2D eigenvalue weighted by molar-refractivity contribution is 0.117. The molecule has 2 unspecified atom stereocenters. The molecule has 0 aliphatic rings. The zero-order valence-electron chi connectivity index (χ0n) is 13.4. The molecule has 0 radical (unpaired) electrons. The van der Waals surface area contributed by atoms with E-state index in [0.29, 0.717) is 6.54 Å². The van der Waals surface area contributed by atoms with Crippen LogP contribution in [0.3, 0.4) is 0 Å². The fourth-order valence-corrected chi connectivity index (χ4v) is 2.61. The third-order valence-corrected chi connectivity index (χ3v) is 3.51. The molecule has 1 aromatic heterocycles. The van der Waals surface area contributed by atoms with E-state index in [1.165, 1.54) is 11.3 Å². The van der Waals surface area contributed by atoms with Gasteiger partial charge in [0.2, 0.25) is 0 Å². The molecule has 0 aliphatic heterocycles. The summed E-state index contributed by atoms with van der Waals surface area (Å²) in [4.78, 5) is 0. The summed E-state index contributed by atoms with van der Waals surface area (Å²) in [6.07, 6.45) is 0.497. The Kier molecular flexibility index (Phi) is 5.16. The predicted octanol–water partition coefficient (Wildman–Crippen LogP) is 2.48. The minimum atomic E-state index is -0.306. The molecule has 0 saturated carbocycles. The van der Waals surface area contributed by atoms with Gasteiger partial charge in [-0.15, -0.1) is 0 Å². The molecule has 1 heterocycles. The monoisotopic (exact) mass is 267 g/mol. The molecule has 0 fully saturated rings. The van der Waals surface area contributed by atoms with E-state index in [1.54, 1.807) is 0 Å². The van der Waals surface area contributed by atoms with E-state index in [-0.39, 0.29) is 17.6 Å². The molecule has 0 aliphatic carbocycles. The largest absolute Gasteiger partial charge is 0.392 e. The highest BCUT2D eigenvalue weighted by Crippen LogP contribution is 2.22. The van der Waals surface area contributed by atoms with E-state index < -0.39 is 0 Å².